The van der Waals surface area contributed by atoms with Crippen molar-refractivity contribution in [1.82, 2.24) is 10.6 Å². The van der Waals surface area contributed by atoms with Crippen molar-refractivity contribution < 1.29 is 13.2 Å². The van der Waals surface area contributed by atoms with Crippen LogP contribution in [0.25, 0.3) is 0 Å². The van der Waals surface area contributed by atoms with Crippen LogP contribution >= 0.6 is 12.2 Å². The zero-order chi connectivity index (χ0) is 20.2. The van der Waals surface area contributed by atoms with E-state index in [9.17, 15) is 8.42 Å². The molecule has 1 heterocycles. The molecule has 1 fully saturated rings. The molecule has 0 bridgehead atoms. The lowest BCUT2D eigenvalue weighted by Gasteiger charge is -2.43. The molecule has 1 unspecified atom stereocenters. The minimum Gasteiger partial charge on any atom is -0.496 e. The van der Waals surface area contributed by atoms with Crippen molar-refractivity contribution in [3.05, 3.63) is 65.7 Å². The first-order valence-corrected chi connectivity index (χ1v) is 11.1. The smallest absolute Gasteiger partial charge is 0.231 e. The highest BCUT2D eigenvalue weighted by molar-refractivity contribution is 7.90. The van der Waals surface area contributed by atoms with E-state index in [1.807, 2.05) is 42.5 Å². The van der Waals surface area contributed by atoms with Crippen molar-refractivity contribution in [2.75, 3.05) is 20.2 Å². The highest BCUT2D eigenvalue weighted by Gasteiger charge is 2.47. The van der Waals surface area contributed by atoms with Crippen LogP contribution in [0.4, 0.5) is 0 Å². The van der Waals surface area contributed by atoms with E-state index in [4.69, 9.17) is 22.1 Å². The Labute approximate surface area is 171 Å². The van der Waals surface area contributed by atoms with Crippen LogP contribution in [-0.4, -0.2) is 39.0 Å². The molecule has 0 amide bonds. The molecule has 2 aromatic carbocycles. The summed E-state index contributed by atoms with van der Waals surface area (Å²) in [6.45, 7) is 1.40. The Kier molecular flexibility index (Phi) is 6.34. The fourth-order valence-corrected chi connectivity index (χ4v) is 5.55. The van der Waals surface area contributed by atoms with Crippen LogP contribution in [0.1, 0.15) is 24.0 Å². The molecular weight excluding hydrogens is 394 g/mol. The van der Waals surface area contributed by atoms with Gasteiger partial charge in [-0.1, -0.05) is 54.7 Å². The van der Waals surface area contributed by atoms with Gasteiger partial charge in [-0.3, -0.25) is 0 Å². The number of thiocarbonyl (C=S) groups is 1. The van der Waals surface area contributed by atoms with Crippen LogP contribution < -0.4 is 20.5 Å². The number of nitrogens with two attached hydrogens (primary N) is 1. The predicted molar refractivity (Wildman–Crippen MR) is 115 cm³/mol. The molecular formula is C20H25N3O3S2. The van der Waals surface area contributed by atoms with E-state index in [1.165, 1.54) is 0 Å². The molecule has 0 aromatic heterocycles. The van der Waals surface area contributed by atoms with E-state index < -0.39 is 20.8 Å². The quantitative estimate of drug-likeness (QED) is 0.619. The van der Waals surface area contributed by atoms with Gasteiger partial charge in [-0.2, -0.15) is 0 Å². The zero-order valence-electron chi connectivity index (χ0n) is 15.7. The van der Waals surface area contributed by atoms with Crippen LogP contribution in [-0.2, 0) is 15.4 Å². The lowest BCUT2D eigenvalue weighted by atomic mass is 9.72. The van der Waals surface area contributed by atoms with Gasteiger partial charge >= 0.3 is 0 Å². The maximum atomic E-state index is 12.7. The van der Waals surface area contributed by atoms with Crippen molar-refractivity contribution in [2.45, 2.75) is 23.6 Å². The van der Waals surface area contributed by atoms with Crippen LogP contribution in [0.15, 0.2) is 54.6 Å². The number of piperidine rings is 1. The van der Waals surface area contributed by atoms with Crippen molar-refractivity contribution >= 4 is 27.2 Å². The monoisotopic (exact) mass is 419 g/mol. The summed E-state index contributed by atoms with van der Waals surface area (Å²) in [5.41, 5.74) is 0.878. The summed E-state index contributed by atoms with van der Waals surface area (Å²) in [5, 5.41) is 11.0. The van der Waals surface area contributed by atoms with Crippen molar-refractivity contribution in [2.24, 2.45) is 5.14 Å². The number of hydrogen-bond donors (Lipinski definition) is 3. The minimum atomic E-state index is -3.96. The van der Waals surface area contributed by atoms with Crippen LogP contribution in [0.5, 0.6) is 5.75 Å². The van der Waals surface area contributed by atoms with Gasteiger partial charge in [0.2, 0.25) is 10.0 Å². The molecule has 0 spiro atoms. The summed E-state index contributed by atoms with van der Waals surface area (Å²) in [5.74, 6) is 0.576. The van der Waals surface area contributed by atoms with Gasteiger partial charge < -0.3 is 15.4 Å². The molecule has 3 rings (SSSR count). The summed E-state index contributed by atoms with van der Waals surface area (Å²) in [4.78, 5) is 0.297. The molecule has 0 aliphatic carbocycles. The SMILES string of the molecule is COc1ccccc1C(=S)NC(C1(c2ccccc2)CCNCC1)S(N)(=O)=O. The zero-order valence-corrected chi connectivity index (χ0v) is 17.4. The van der Waals surface area contributed by atoms with E-state index in [0.29, 0.717) is 42.2 Å². The third-order valence-electron chi connectivity index (χ3n) is 5.29. The molecule has 1 aliphatic heterocycles. The molecule has 0 saturated carbocycles. The van der Waals surface area contributed by atoms with Gasteiger partial charge in [0.1, 0.15) is 10.7 Å². The van der Waals surface area contributed by atoms with E-state index in [-0.39, 0.29) is 0 Å². The van der Waals surface area contributed by atoms with Gasteiger partial charge in [-0.15, -0.1) is 0 Å². The van der Waals surface area contributed by atoms with E-state index in [0.717, 1.165) is 5.56 Å². The van der Waals surface area contributed by atoms with Crippen molar-refractivity contribution in [3.8, 4) is 5.75 Å². The lowest BCUT2D eigenvalue weighted by molar-refractivity contribution is 0.282. The van der Waals surface area contributed by atoms with Gasteiger partial charge in [0.05, 0.1) is 12.7 Å². The third-order valence-corrected chi connectivity index (χ3v) is 6.85. The average Bonchev–Trinajstić information content (AvgIpc) is 2.72. The molecule has 6 nitrogen and oxygen atoms in total. The van der Waals surface area contributed by atoms with Gasteiger partial charge in [-0.25, -0.2) is 13.6 Å². The molecule has 1 aliphatic rings. The second-order valence-electron chi connectivity index (χ2n) is 6.91. The molecule has 8 heteroatoms. The Morgan fingerprint density at radius 2 is 1.75 bits per heavy atom. The summed E-state index contributed by atoms with van der Waals surface area (Å²) in [6, 6.07) is 16.9. The first-order valence-electron chi connectivity index (χ1n) is 9.10. The highest BCUT2D eigenvalue weighted by atomic mass is 32.2. The number of para-hydroxylation sites is 1. The molecule has 1 atom stereocenters. The lowest BCUT2D eigenvalue weighted by Crippen LogP contribution is -2.59. The average molecular weight is 420 g/mol. The third kappa shape index (κ3) is 4.20. The Balaban J connectivity index is 2.05. The largest absolute Gasteiger partial charge is 0.496 e. The van der Waals surface area contributed by atoms with Crippen LogP contribution in [0.2, 0.25) is 0 Å². The highest BCUT2D eigenvalue weighted by Crippen LogP contribution is 2.38. The summed E-state index contributed by atoms with van der Waals surface area (Å²) in [7, 11) is -2.41. The Hall–Kier alpha value is -2.00. The van der Waals surface area contributed by atoms with Gasteiger partial charge in [0, 0.05) is 5.41 Å². The molecule has 4 N–H and O–H groups in total. The number of hydrogen-bond acceptors (Lipinski definition) is 5. The summed E-state index contributed by atoms with van der Waals surface area (Å²) >= 11 is 5.56. The first-order chi connectivity index (χ1) is 13.4. The second-order valence-corrected chi connectivity index (χ2v) is 8.97. The second kappa shape index (κ2) is 8.57. The van der Waals surface area contributed by atoms with E-state index >= 15 is 0 Å². The number of sulfonamides is 1. The minimum absolute atomic E-state index is 0.297. The van der Waals surface area contributed by atoms with Crippen molar-refractivity contribution in [3.63, 3.8) is 0 Å². The van der Waals surface area contributed by atoms with E-state index in [2.05, 4.69) is 10.6 Å². The van der Waals surface area contributed by atoms with Gasteiger partial charge in [-0.05, 0) is 43.6 Å². The van der Waals surface area contributed by atoms with E-state index in [1.54, 1.807) is 19.2 Å². The molecule has 28 heavy (non-hydrogen) atoms. The van der Waals surface area contributed by atoms with Gasteiger partial charge in [0.25, 0.3) is 0 Å². The standard InChI is InChI=1S/C20H25N3O3S2/c1-26-17-10-6-5-9-16(17)18(27)23-19(28(21,24)25)20(11-13-22-14-12-20)15-7-3-2-4-8-15/h2-10,19,22H,11-14H2,1H3,(H,23,27)(H2,21,24,25). The molecule has 2 aromatic rings. The van der Waals surface area contributed by atoms with Crippen molar-refractivity contribution in [1.29, 1.82) is 0 Å². The van der Waals surface area contributed by atoms with Crippen LogP contribution in [0, 0.1) is 0 Å². The maximum absolute atomic E-state index is 12.7. The number of benzene rings is 2. The number of ether oxygens (including phenoxy) is 1. The Bertz CT molecular complexity index is 927. The molecule has 1 saturated heterocycles. The topological polar surface area (TPSA) is 93.4 Å². The fraction of sp³-hybridized carbons (Fsp3) is 0.350. The van der Waals surface area contributed by atoms with Crippen LogP contribution in [0.3, 0.4) is 0 Å². The summed E-state index contributed by atoms with van der Waals surface area (Å²) in [6.07, 6.45) is 1.25. The Morgan fingerprint density at radius 3 is 2.36 bits per heavy atom. The molecule has 0 radical (unpaired) electrons. The fourth-order valence-electron chi connectivity index (χ4n) is 3.91. The normalized spacial score (nSPS) is 17.5. The number of rotatable bonds is 6. The molecule has 150 valence electrons. The summed E-state index contributed by atoms with van der Waals surface area (Å²) < 4.78 is 30.8. The van der Waals surface area contributed by atoms with Gasteiger partial charge in [0.15, 0.2) is 5.37 Å². The number of nitrogens with one attached hydrogen (secondary N) is 2. The number of methoxy groups -OCH3 is 1. The maximum Gasteiger partial charge on any atom is 0.231 e. The number of primary sulfonamides is 1. The first kappa shape index (κ1) is 20.7. The predicted octanol–water partition coefficient (Wildman–Crippen LogP) is 1.90. The Morgan fingerprint density at radius 1 is 1.14 bits per heavy atom.